The minimum absolute atomic E-state index is 0.0449. The third-order valence-corrected chi connectivity index (χ3v) is 2.70. The highest BCUT2D eigenvalue weighted by Crippen LogP contribution is 2.29. The van der Waals surface area contributed by atoms with Crippen molar-refractivity contribution in [2.24, 2.45) is 0 Å². The maximum atomic E-state index is 13.1. The fourth-order valence-corrected chi connectivity index (χ4v) is 1.92. The van der Waals surface area contributed by atoms with Crippen molar-refractivity contribution in [3.63, 3.8) is 0 Å². The molecule has 0 fully saturated rings. The van der Waals surface area contributed by atoms with E-state index in [1.165, 1.54) is 18.2 Å². The predicted octanol–water partition coefficient (Wildman–Crippen LogP) is 2.50. The third-order valence-electron chi connectivity index (χ3n) is 2.70. The molecule has 5 heteroatoms. The van der Waals surface area contributed by atoms with Crippen molar-refractivity contribution >= 4 is 21.9 Å². The molecule has 0 saturated heterocycles. The van der Waals surface area contributed by atoms with Gasteiger partial charge in [0.2, 0.25) is 5.43 Å². The number of rotatable bonds is 0. The van der Waals surface area contributed by atoms with Gasteiger partial charge in [0.25, 0.3) is 0 Å². The van der Waals surface area contributed by atoms with Crippen LogP contribution in [0.2, 0.25) is 0 Å². The van der Waals surface area contributed by atoms with Gasteiger partial charge in [-0.05, 0) is 18.2 Å². The first-order valence-corrected chi connectivity index (χ1v) is 5.14. The van der Waals surface area contributed by atoms with Crippen LogP contribution in [0.15, 0.2) is 39.5 Å². The molecule has 1 aromatic heterocycles. The average Bonchev–Trinajstić information content (AvgIpc) is 2.29. The van der Waals surface area contributed by atoms with Gasteiger partial charge < -0.3 is 14.6 Å². The van der Waals surface area contributed by atoms with E-state index in [0.29, 0.717) is 0 Å². The first-order chi connectivity index (χ1) is 8.56. The van der Waals surface area contributed by atoms with Gasteiger partial charge in [-0.25, -0.2) is 4.39 Å². The standard InChI is InChI=1S/C13H7FO4/c14-6-1-2-10-8(3-6)13(17)12-9(16)4-7(15)5-11(12)18-10/h1-5,15-16H. The van der Waals surface area contributed by atoms with Crippen LogP contribution in [-0.4, -0.2) is 10.2 Å². The summed E-state index contributed by atoms with van der Waals surface area (Å²) in [5.41, 5.74) is -0.293. The zero-order chi connectivity index (χ0) is 12.9. The number of phenolic OH excluding ortho intramolecular Hbond substituents is 2. The Bertz CT molecular complexity index is 836. The average molecular weight is 246 g/mol. The van der Waals surface area contributed by atoms with Crippen molar-refractivity contribution in [3.8, 4) is 11.5 Å². The number of hydrogen-bond donors (Lipinski definition) is 2. The molecule has 2 aromatic carbocycles. The number of fused-ring (bicyclic) bond motifs is 2. The highest BCUT2D eigenvalue weighted by molar-refractivity contribution is 5.93. The van der Waals surface area contributed by atoms with Crippen LogP contribution in [0.3, 0.4) is 0 Å². The molecule has 0 unspecified atom stereocenters. The molecular weight excluding hydrogens is 239 g/mol. The third kappa shape index (κ3) is 1.41. The molecule has 90 valence electrons. The Morgan fingerprint density at radius 1 is 1.06 bits per heavy atom. The Morgan fingerprint density at radius 2 is 1.83 bits per heavy atom. The fraction of sp³-hybridized carbons (Fsp3) is 0. The lowest BCUT2D eigenvalue weighted by Gasteiger charge is -2.03. The molecule has 0 saturated carbocycles. The topological polar surface area (TPSA) is 70.7 Å². The van der Waals surface area contributed by atoms with E-state index >= 15 is 0 Å². The van der Waals surface area contributed by atoms with Gasteiger partial charge in [-0.3, -0.25) is 4.79 Å². The normalized spacial score (nSPS) is 11.2. The summed E-state index contributed by atoms with van der Waals surface area (Å²) in [7, 11) is 0. The highest BCUT2D eigenvalue weighted by Gasteiger charge is 2.13. The molecule has 0 aliphatic carbocycles. The second-order valence-corrected chi connectivity index (χ2v) is 3.91. The summed E-state index contributed by atoms with van der Waals surface area (Å²) in [5, 5.41) is 19.0. The lowest BCUT2D eigenvalue weighted by Crippen LogP contribution is -2.02. The molecule has 18 heavy (non-hydrogen) atoms. The molecule has 0 aliphatic heterocycles. The first-order valence-electron chi connectivity index (χ1n) is 5.14. The molecule has 0 aliphatic rings. The summed E-state index contributed by atoms with van der Waals surface area (Å²) in [6.07, 6.45) is 0. The molecule has 0 bridgehead atoms. The number of benzene rings is 2. The smallest absolute Gasteiger partial charge is 0.204 e. The van der Waals surface area contributed by atoms with Gasteiger partial charge in [0.05, 0.1) is 5.39 Å². The van der Waals surface area contributed by atoms with Crippen molar-refractivity contribution in [3.05, 3.63) is 46.4 Å². The molecule has 3 aromatic rings. The van der Waals surface area contributed by atoms with Crippen molar-refractivity contribution in [1.82, 2.24) is 0 Å². The van der Waals surface area contributed by atoms with Crippen LogP contribution in [0, 0.1) is 5.82 Å². The Hall–Kier alpha value is -2.56. The second-order valence-electron chi connectivity index (χ2n) is 3.91. The second kappa shape index (κ2) is 3.46. The highest BCUT2D eigenvalue weighted by atomic mass is 19.1. The first kappa shape index (κ1) is 10.6. The van der Waals surface area contributed by atoms with Crippen molar-refractivity contribution < 1.29 is 19.0 Å². The Morgan fingerprint density at radius 3 is 2.61 bits per heavy atom. The molecule has 4 nitrogen and oxygen atoms in total. The van der Waals surface area contributed by atoms with E-state index in [9.17, 15) is 19.4 Å². The molecule has 0 radical (unpaired) electrons. The van der Waals surface area contributed by atoms with E-state index in [0.717, 1.165) is 12.1 Å². The van der Waals surface area contributed by atoms with Gasteiger partial charge in [0.1, 0.15) is 33.9 Å². The van der Waals surface area contributed by atoms with Crippen LogP contribution < -0.4 is 5.43 Å². The largest absolute Gasteiger partial charge is 0.508 e. The van der Waals surface area contributed by atoms with Crippen LogP contribution in [0.1, 0.15) is 0 Å². The maximum absolute atomic E-state index is 13.1. The van der Waals surface area contributed by atoms with Gasteiger partial charge in [-0.2, -0.15) is 0 Å². The zero-order valence-electron chi connectivity index (χ0n) is 8.98. The lowest BCUT2D eigenvalue weighted by molar-refractivity contribution is 0.453. The summed E-state index contributed by atoms with van der Waals surface area (Å²) in [6, 6.07) is 5.79. The minimum Gasteiger partial charge on any atom is -0.508 e. The summed E-state index contributed by atoms with van der Waals surface area (Å²) in [4.78, 5) is 12.1. The van der Waals surface area contributed by atoms with E-state index in [2.05, 4.69) is 0 Å². The van der Waals surface area contributed by atoms with E-state index in [1.807, 2.05) is 0 Å². The quantitative estimate of drug-likeness (QED) is 0.598. The molecule has 3 rings (SSSR count). The molecule has 0 atom stereocenters. The summed E-state index contributed by atoms with van der Waals surface area (Å²) < 4.78 is 18.5. The Labute approximate surface area is 99.5 Å². The number of aromatic hydroxyl groups is 2. The van der Waals surface area contributed by atoms with Gasteiger partial charge in [-0.1, -0.05) is 0 Å². The van der Waals surface area contributed by atoms with Crippen molar-refractivity contribution in [1.29, 1.82) is 0 Å². The summed E-state index contributed by atoms with van der Waals surface area (Å²) >= 11 is 0. The summed E-state index contributed by atoms with van der Waals surface area (Å²) in [5.74, 6) is -1.18. The number of phenols is 2. The SMILES string of the molecule is O=c1c2cc(F)ccc2oc2cc(O)cc(O)c12. The van der Waals surface area contributed by atoms with Crippen LogP contribution >= 0.6 is 0 Å². The Kier molecular flexibility index (Phi) is 2.04. The summed E-state index contributed by atoms with van der Waals surface area (Å²) in [6.45, 7) is 0. The predicted molar refractivity (Wildman–Crippen MR) is 63.3 cm³/mol. The Balaban J connectivity index is 2.61. The van der Waals surface area contributed by atoms with E-state index in [1.54, 1.807) is 0 Å². The maximum Gasteiger partial charge on any atom is 0.204 e. The van der Waals surface area contributed by atoms with E-state index in [-0.39, 0.29) is 27.7 Å². The van der Waals surface area contributed by atoms with Gasteiger partial charge in [0, 0.05) is 12.1 Å². The van der Waals surface area contributed by atoms with Gasteiger partial charge in [0.15, 0.2) is 0 Å². The number of halogens is 1. The van der Waals surface area contributed by atoms with Gasteiger partial charge >= 0.3 is 0 Å². The zero-order valence-corrected chi connectivity index (χ0v) is 8.98. The van der Waals surface area contributed by atoms with E-state index < -0.39 is 17.0 Å². The molecular formula is C13H7FO4. The molecule has 0 spiro atoms. The van der Waals surface area contributed by atoms with Crippen molar-refractivity contribution in [2.75, 3.05) is 0 Å². The van der Waals surface area contributed by atoms with E-state index in [4.69, 9.17) is 4.42 Å². The van der Waals surface area contributed by atoms with Crippen LogP contribution in [0.5, 0.6) is 11.5 Å². The fourth-order valence-electron chi connectivity index (χ4n) is 1.92. The monoisotopic (exact) mass is 246 g/mol. The molecule has 1 heterocycles. The van der Waals surface area contributed by atoms with Crippen LogP contribution in [0.4, 0.5) is 4.39 Å². The molecule has 2 N–H and O–H groups in total. The lowest BCUT2D eigenvalue weighted by atomic mass is 10.1. The van der Waals surface area contributed by atoms with Crippen LogP contribution in [-0.2, 0) is 0 Å². The molecule has 0 amide bonds. The minimum atomic E-state index is -0.563. The van der Waals surface area contributed by atoms with Gasteiger partial charge in [-0.15, -0.1) is 0 Å². The van der Waals surface area contributed by atoms with Crippen molar-refractivity contribution in [2.45, 2.75) is 0 Å². The van der Waals surface area contributed by atoms with Crippen LogP contribution in [0.25, 0.3) is 21.9 Å². The number of hydrogen-bond acceptors (Lipinski definition) is 4.